The van der Waals surface area contributed by atoms with Gasteiger partial charge in [0.1, 0.15) is 5.84 Å². The monoisotopic (exact) mass is 363 g/mol. The summed E-state index contributed by atoms with van der Waals surface area (Å²) >= 11 is 0. The maximum atomic E-state index is 13.0. The van der Waals surface area contributed by atoms with E-state index in [1.54, 1.807) is 4.90 Å². The number of carbonyl (C=O) groups excluding carboxylic acids is 2. The van der Waals surface area contributed by atoms with Gasteiger partial charge in [-0.3, -0.25) is 9.80 Å². The second-order valence-electron chi connectivity index (χ2n) is 7.12. The molecule has 8 heteroatoms. The lowest BCUT2D eigenvalue weighted by Crippen LogP contribution is -2.46. The summed E-state index contributed by atoms with van der Waals surface area (Å²) in [6, 6.07) is 0. The van der Waals surface area contributed by atoms with Crippen LogP contribution in [0.25, 0.3) is 0 Å². The van der Waals surface area contributed by atoms with Crippen molar-refractivity contribution in [3.8, 4) is 0 Å². The van der Waals surface area contributed by atoms with Gasteiger partial charge in [-0.1, -0.05) is 6.08 Å². The molecule has 0 aromatic carbocycles. The summed E-state index contributed by atoms with van der Waals surface area (Å²) in [6.45, 7) is 4.98. The third-order valence-corrected chi connectivity index (χ3v) is 5.26. The number of hydrogen-bond acceptors (Lipinski definition) is 6. The van der Waals surface area contributed by atoms with Gasteiger partial charge in [0.05, 0.1) is 19.6 Å². The highest BCUT2D eigenvalue weighted by molar-refractivity contribution is 5.94. The Morgan fingerprint density at radius 3 is 2.58 bits per heavy atom. The summed E-state index contributed by atoms with van der Waals surface area (Å²) in [5.74, 6) is 1.15. The fourth-order valence-corrected chi connectivity index (χ4v) is 3.76. The van der Waals surface area contributed by atoms with Crippen molar-refractivity contribution in [3.63, 3.8) is 0 Å². The van der Waals surface area contributed by atoms with E-state index in [1.807, 2.05) is 23.0 Å². The zero-order valence-corrected chi connectivity index (χ0v) is 15.8. The topological polar surface area (TPSA) is 68.7 Å². The van der Waals surface area contributed by atoms with E-state index in [9.17, 15) is 9.59 Å². The second-order valence-corrected chi connectivity index (χ2v) is 7.12. The number of hydrazone groups is 1. The Morgan fingerprint density at radius 1 is 1.12 bits per heavy atom. The summed E-state index contributed by atoms with van der Waals surface area (Å²) in [6.07, 6.45) is 6.48. The van der Waals surface area contributed by atoms with Gasteiger partial charge < -0.3 is 19.4 Å². The van der Waals surface area contributed by atoms with Crippen LogP contribution in [0.1, 0.15) is 19.3 Å². The number of amides is 2. The Kier molecular flexibility index (Phi) is 6.00. The van der Waals surface area contributed by atoms with E-state index < -0.39 is 0 Å². The SMILES string of the molecule is COC(=O)N1CCCCN(C(=O)C2CCN(C3=NN(C)CC=C3)C2)CC1. The molecule has 0 N–H and O–H groups in total. The van der Waals surface area contributed by atoms with Crippen LogP contribution >= 0.6 is 0 Å². The molecule has 0 aliphatic carbocycles. The van der Waals surface area contributed by atoms with Crippen LogP contribution in [-0.2, 0) is 9.53 Å². The van der Waals surface area contributed by atoms with E-state index in [0.29, 0.717) is 26.2 Å². The Morgan fingerprint density at radius 2 is 1.85 bits per heavy atom. The average Bonchev–Trinajstić information content (AvgIpc) is 3.11. The van der Waals surface area contributed by atoms with E-state index in [1.165, 1.54) is 7.11 Å². The van der Waals surface area contributed by atoms with Crippen molar-refractivity contribution in [1.82, 2.24) is 19.7 Å². The van der Waals surface area contributed by atoms with Gasteiger partial charge in [0.15, 0.2) is 0 Å². The van der Waals surface area contributed by atoms with Crippen LogP contribution in [0.4, 0.5) is 4.79 Å². The number of rotatable bonds is 1. The fourth-order valence-electron chi connectivity index (χ4n) is 3.76. The van der Waals surface area contributed by atoms with Gasteiger partial charge in [-0.15, -0.1) is 0 Å². The largest absolute Gasteiger partial charge is 0.453 e. The van der Waals surface area contributed by atoms with Crippen LogP contribution in [0.2, 0.25) is 0 Å². The van der Waals surface area contributed by atoms with Crippen molar-refractivity contribution in [2.45, 2.75) is 19.3 Å². The predicted molar refractivity (Wildman–Crippen MR) is 98.7 cm³/mol. The number of nitrogens with zero attached hydrogens (tertiary/aromatic N) is 5. The molecular formula is C18H29N5O3. The third kappa shape index (κ3) is 4.28. The molecule has 26 heavy (non-hydrogen) atoms. The number of hydrogen-bond donors (Lipinski definition) is 0. The molecule has 8 nitrogen and oxygen atoms in total. The lowest BCUT2D eigenvalue weighted by molar-refractivity contribution is -0.135. The molecule has 0 aromatic heterocycles. The highest BCUT2D eigenvalue weighted by Crippen LogP contribution is 2.21. The number of methoxy groups -OCH3 is 1. The molecule has 0 spiro atoms. The Balaban J connectivity index is 1.57. The van der Waals surface area contributed by atoms with Crippen LogP contribution in [0, 0.1) is 5.92 Å². The molecule has 3 heterocycles. The number of likely N-dealkylation sites (tertiary alicyclic amines) is 1. The Hall–Kier alpha value is -2.25. The number of likely N-dealkylation sites (N-methyl/N-ethyl adjacent to an activating group) is 1. The summed E-state index contributed by atoms with van der Waals surface area (Å²) in [4.78, 5) is 30.6. The Labute approximate surface area is 155 Å². The molecule has 1 atom stereocenters. The average molecular weight is 363 g/mol. The van der Waals surface area contributed by atoms with Crippen molar-refractivity contribution >= 4 is 17.8 Å². The molecule has 0 aromatic rings. The standard InChI is InChI=1S/C18H29N5O3/c1-20-8-5-6-16(19-20)23-11-7-15(14-23)17(24)21-9-3-4-10-22(13-12-21)18(25)26-2/h5-6,15H,3-4,7-14H2,1-2H3. The number of ether oxygens (including phenoxy) is 1. The van der Waals surface area contributed by atoms with Crippen molar-refractivity contribution in [2.75, 3.05) is 60.0 Å². The lowest BCUT2D eigenvalue weighted by atomic mass is 10.1. The smallest absolute Gasteiger partial charge is 0.409 e. The number of amidine groups is 1. The highest BCUT2D eigenvalue weighted by atomic mass is 16.5. The van der Waals surface area contributed by atoms with Crippen LogP contribution in [-0.4, -0.2) is 97.5 Å². The van der Waals surface area contributed by atoms with Gasteiger partial charge in [0.2, 0.25) is 5.91 Å². The maximum absolute atomic E-state index is 13.0. The van der Waals surface area contributed by atoms with E-state index in [-0.39, 0.29) is 17.9 Å². The normalized spacial score (nSPS) is 24.2. The molecule has 0 saturated carbocycles. The van der Waals surface area contributed by atoms with Crippen molar-refractivity contribution in [3.05, 3.63) is 12.2 Å². The van der Waals surface area contributed by atoms with Crippen molar-refractivity contribution < 1.29 is 14.3 Å². The van der Waals surface area contributed by atoms with Crippen LogP contribution in [0.5, 0.6) is 0 Å². The van der Waals surface area contributed by atoms with E-state index >= 15 is 0 Å². The maximum Gasteiger partial charge on any atom is 0.409 e. The summed E-state index contributed by atoms with van der Waals surface area (Å²) in [5.41, 5.74) is 0. The first-order chi connectivity index (χ1) is 12.6. The fraction of sp³-hybridized carbons (Fsp3) is 0.722. The van der Waals surface area contributed by atoms with Crippen molar-refractivity contribution in [1.29, 1.82) is 0 Å². The zero-order chi connectivity index (χ0) is 18.5. The molecule has 2 saturated heterocycles. The van der Waals surface area contributed by atoms with Gasteiger partial charge in [0, 0.05) is 46.3 Å². The first-order valence-corrected chi connectivity index (χ1v) is 9.41. The quantitative estimate of drug-likeness (QED) is 0.690. The summed E-state index contributed by atoms with van der Waals surface area (Å²) < 4.78 is 4.82. The molecule has 2 fully saturated rings. The molecule has 1 unspecified atom stereocenters. The van der Waals surface area contributed by atoms with Crippen LogP contribution in [0.15, 0.2) is 17.3 Å². The van der Waals surface area contributed by atoms with Crippen molar-refractivity contribution in [2.24, 2.45) is 11.0 Å². The van der Waals surface area contributed by atoms with Gasteiger partial charge in [-0.25, -0.2) is 4.79 Å². The molecule has 2 amide bonds. The molecule has 3 aliphatic rings. The van der Waals surface area contributed by atoms with Gasteiger partial charge in [-0.05, 0) is 25.3 Å². The molecule has 3 aliphatic heterocycles. The van der Waals surface area contributed by atoms with Gasteiger partial charge >= 0.3 is 6.09 Å². The third-order valence-electron chi connectivity index (χ3n) is 5.26. The van der Waals surface area contributed by atoms with Gasteiger partial charge in [-0.2, -0.15) is 5.10 Å². The minimum Gasteiger partial charge on any atom is -0.453 e. The lowest BCUT2D eigenvalue weighted by Gasteiger charge is -2.32. The first kappa shape index (κ1) is 18.5. The zero-order valence-electron chi connectivity index (χ0n) is 15.8. The first-order valence-electron chi connectivity index (χ1n) is 9.41. The molecular weight excluding hydrogens is 334 g/mol. The Bertz CT molecular complexity index is 591. The van der Waals surface area contributed by atoms with Crippen LogP contribution < -0.4 is 0 Å². The number of carbonyl (C=O) groups is 2. The summed E-state index contributed by atoms with van der Waals surface area (Å²) in [5, 5.41) is 6.45. The van der Waals surface area contributed by atoms with Gasteiger partial charge in [0.25, 0.3) is 0 Å². The van der Waals surface area contributed by atoms with E-state index in [2.05, 4.69) is 16.1 Å². The molecule has 144 valence electrons. The van der Waals surface area contributed by atoms with E-state index in [0.717, 1.165) is 44.7 Å². The molecule has 0 bridgehead atoms. The molecule has 3 rings (SSSR count). The minimum atomic E-state index is -0.308. The van der Waals surface area contributed by atoms with Crippen LogP contribution in [0.3, 0.4) is 0 Å². The predicted octanol–water partition coefficient (Wildman–Crippen LogP) is 0.814. The van der Waals surface area contributed by atoms with E-state index in [4.69, 9.17) is 4.74 Å². The summed E-state index contributed by atoms with van der Waals surface area (Å²) in [7, 11) is 3.35. The minimum absolute atomic E-state index is 0.00401. The molecule has 0 radical (unpaired) electrons. The second kappa shape index (κ2) is 8.42. The highest BCUT2D eigenvalue weighted by Gasteiger charge is 2.33.